The molecule has 2 N–H and O–H groups in total. The van der Waals surface area contributed by atoms with E-state index in [9.17, 15) is 9.59 Å². The quantitative estimate of drug-likeness (QED) is 0.907. The number of halogens is 1. The minimum absolute atomic E-state index is 0.0413. The Morgan fingerprint density at radius 1 is 1.30 bits per heavy atom. The van der Waals surface area contributed by atoms with Gasteiger partial charge in [0.15, 0.2) is 0 Å². The van der Waals surface area contributed by atoms with E-state index in [0.29, 0.717) is 15.0 Å². The number of hydrogen-bond acceptors (Lipinski definition) is 4. The van der Waals surface area contributed by atoms with Crippen LogP contribution in [0.4, 0.5) is 5.69 Å². The van der Waals surface area contributed by atoms with Crippen LogP contribution in [0, 0.1) is 0 Å². The molecule has 1 amide bonds. The van der Waals surface area contributed by atoms with E-state index in [2.05, 4.69) is 5.32 Å². The van der Waals surface area contributed by atoms with Gasteiger partial charge in [-0.05, 0) is 30.3 Å². The van der Waals surface area contributed by atoms with E-state index >= 15 is 0 Å². The Morgan fingerprint density at radius 3 is 2.60 bits per heavy atom. The number of anilines is 1. The maximum Gasteiger partial charge on any atom is 0.337 e. The Morgan fingerprint density at radius 2 is 2.05 bits per heavy atom. The number of methoxy groups -OCH3 is 1. The van der Waals surface area contributed by atoms with Gasteiger partial charge in [0, 0.05) is 0 Å². The number of benzene rings is 1. The Labute approximate surface area is 123 Å². The van der Waals surface area contributed by atoms with E-state index in [1.54, 1.807) is 18.2 Å². The van der Waals surface area contributed by atoms with Crippen molar-refractivity contribution in [3.8, 4) is 5.75 Å². The SMILES string of the molecule is COc1ccc(NC(=O)c2ccc(Cl)s2)c(C(=O)O)c1. The molecule has 0 aliphatic heterocycles. The molecular weight excluding hydrogens is 302 g/mol. The fourth-order valence-electron chi connectivity index (χ4n) is 1.56. The molecule has 7 heteroatoms. The first-order valence-corrected chi connectivity index (χ1v) is 6.68. The van der Waals surface area contributed by atoms with Gasteiger partial charge in [-0.25, -0.2) is 4.79 Å². The first kappa shape index (κ1) is 14.4. The van der Waals surface area contributed by atoms with Gasteiger partial charge in [0.05, 0.1) is 27.6 Å². The zero-order valence-corrected chi connectivity index (χ0v) is 11.9. The van der Waals surface area contributed by atoms with Crippen LogP contribution in [0.3, 0.4) is 0 Å². The summed E-state index contributed by atoms with van der Waals surface area (Å²) in [6.07, 6.45) is 0. The monoisotopic (exact) mass is 311 g/mol. The average Bonchev–Trinajstić information content (AvgIpc) is 2.85. The third-order valence-electron chi connectivity index (χ3n) is 2.50. The predicted molar refractivity (Wildman–Crippen MR) is 77.2 cm³/mol. The summed E-state index contributed by atoms with van der Waals surface area (Å²) in [7, 11) is 1.44. The van der Waals surface area contributed by atoms with Gasteiger partial charge in [0.1, 0.15) is 5.75 Å². The third-order valence-corrected chi connectivity index (χ3v) is 3.73. The van der Waals surface area contributed by atoms with E-state index in [0.717, 1.165) is 11.3 Å². The van der Waals surface area contributed by atoms with Crippen LogP contribution in [0.25, 0.3) is 0 Å². The fourth-order valence-corrected chi connectivity index (χ4v) is 2.49. The molecule has 1 aromatic carbocycles. The molecule has 0 fully saturated rings. The Bertz CT molecular complexity index is 668. The number of nitrogens with one attached hydrogen (secondary N) is 1. The topological polar surface area (TPSA) is 75.6 Å². The van der Waals surface area contributed by atoms with E-state index in [1.807, 2.05) is 0 Å². The Hall–Kier alpha value is -2.05. The second-order valence-corrected chi connectivity index (χ2v) is 5.49. The van der Waals surface area contributed by atoms with Crippen LogP contribution in [-0.2, 0) is 0 Å². The summed E-state index contributed by atoms with van der Waals surface area (Å²) in [6.45, 7) is 0. The number of rotatable bonds is 4. The third kappa shape index (κ3) is 3.09. The van der Waals surface area contributed by atoms with Gasteiger partial charge >= 0.3 is 5.97 Å². The second-order valence-electron chi connectivity index (χ2n) is 3.77. The molecule has 0 aliphatic rings. The van der Waals surface area contributed by atoms with E-state index in [4.69, 9.17) is 21.4 Å². The van der Waals surface area contributed by atoms with Gasteiger partial charge in [-0.3, -0.25) is 4.79 Å². The standard InChI is InChI=1S/C13H10ClNO4S/c1-19-7-2-3-9(8(6-7)13(17)18)15-12(16)10-4-5-11(14)20-10/h2-6H,1H3,(H,15,16)(H,17,18). The Kier molecular flexibility index (Phi) is 4.26. The van der Waals surface area contributed by atoms with Gasteiger partial charge in [-0.15, -0.1) is 11.3 Å². The summed E-state index contributed by atoms with van der Waals surface area (Å²) in [5.74, 6) is -1.16. The molecule has 5 nitrogen and oxygen atoms in total. The molecule has 0 saturated carbocycles. The highest BCUT2D eigenvalue weighted by Gasteiger charge is 2.15. The molecule has 2 rings (SSSR count). The summed E-state index contributed by atoms with van der Waals surface area (Å²) >= 11 is 6.87. The lowest BCUT2D eigenvalue weighted by Gasteiger charge is -2.09. The smallest absolute Gasteiger partial charge is 0.337 e. The first-order chi connectivity index (χ1) is 9.51. The number of carbonyl (C=O) groups excluding carboxylic acids is 1. The average molecular weight is 312 g/mol. The van der Waals surface area contributed by atoms with Gasteiger partial charge < -0.3 is 15.2 Å². The molecule has 0 radical (unpaired) electrons. The van der Waals surface area contributed by atoms with E-state index in [1.165, 1.54) is 19.2 Å². The second kappa shape index (κ2) is 5.94. The van der Waals surface area contributed by atoms with Crippen LogP contribution >= 0.6 is 22.9 Å². The van der Waals surface area contributed by atoms with Crippen LogP contribution < -0.4 is 10.1 Å². The molecule has 0 atom stereocenters. The number of carboxylic acids is 1. The highest BCUT2D eigenvalue weighted by molar-refractivity contribution is 7.18. The summed E-state index contributed by atoms with van der Waals surface area (Å²) < 4.78 is 5.45. The number of amides is 1. The molecule has 0 unspecified atom stereocenters. The fraction of sp³-hybridized carbons (Fsp3) is 0.0769. The maximum absolute atomic E-state index is 12.0. The number of carboxylic acid groups (broad SMARTS) is 1. The molecule has 1 heterocycles. The summed E-state index contributed by atoms with van der Waals surface area (Å²) in [4.78, 5) is 23.6. The predicted octanol–water partition coefficient (Wildman–Crippen LogP) is 3.36. The molecule has 0 bridgehead atoms. The molecule has 0 spiro atoms. The number of hydrogen-bond donors (Lipinski definition) is 2. The van der Waals surface area contributed by atoms with Crippen molar-refractivity contribution in [2.45, 2.75) is 0 Å². The minimum atomic E-state index is -1.15. The lowest BCUT2D eigenvalue weighted by Crippen LogP contribution is -2.13. The van der Waals surface area contributed by atoms with Crippen molar-refractivity contribution in [2.24, 2.45) is 0 Å². The van der Waals surface area contributed by atoms with E-state index in [-0.39, 0.29) is 11.3 Å². The van der Waals surface area contributed by atoms with Gasteiger partial charge in [-0.2, -0.15) is 0 Å². The molecular formula is C13H10ClNO4S. The lowest BCUT2D eigenvalue weighted by atomic mass is 10.1. The number of ether oxygens (including phenoxy) is 1. The molecule has 0 aliphatic carbocycles. The molecule has 20 heavy (non-hydrogen) atoms. The normalized spacial score (nSPS) is 10.1. The molecule has 2 aromatic rings. The minimum Gasteiger partial charge on any atom is -0.497 e. The molecule has 1 aromatic heterocycles. The zero-order valence-electron chi connectivity index (χ0n) is 10.3. The number of aromatic carboxylic acids is 1. The van der Waals surface area contributed by atoms with Gasteiger partial charge in [0.2, 0.25) is 0 Å². The van der Waals surface area contributed by atoms with Crippen molar-refractivity contribution in [2.75, 3.05) is 12.4 Å². The van der Waals surface area contributed by atoms with Crippen LogP contribution in [0.5, 0.6) is 5.75 Å². The van der Waals surface area contributed by atoms with Crippen molar-refractivity contribution in [1.29, 1.82) is 0 Å². The Balaban J connectivity index is 2.29. The van der Waals surface area contributed by atoms with Gasteiger partial charge in [-0.1, -0.05) is 11.6 Å². The highest BCUT2D eigenvalue weighted by Crippen LogP contribution is 2.25. The van der Waals surface area contributed by atoms with Crippen LogP contribution in [0.2, 0.25) is 4.34 Å². The van der Waals surface area contributed by atoms with Crippen LogP contribution in [0.15, 0.2) is 30.3 Å². The molecule has 104 valence electrons. The van der Waals surface area contributed by atoms with E-state index < -0.39 is 11.9 Å². The summed E-state index contributed by atoms with van der Waals surface area (Å²) in [5.41, 5.74) is 0.160. The van der Waals surface area contributed by atoms with Crippen LogP contribution in [-0.4, -0.2) is 24.1 Å². The van der Waals surface area contributed by atoms with Crippen molar-refractivity contribution >= 4 is 40.5 Å². The van der Waals surface area contributed by atoms with Crippen molar-refractivity contribution in [1.82, 2.24) is 0 Å². The lowest BCUT2D eigenvalue weighted by molar-refractivity contribution is 0.0697. The van der Waals surface area contributed by atoms with Crippen molar-refractivity contribution in [3.63, 3.8) is 0 Å². The van der Waals surface area contributed by atoms with Gasteiger partial charge in [0.25, 0.3) is 5.91 Å². The highest BCUT2D eigenvalue weighted by atomic mass is 35.5. The van der Waals surface area contributed by atoms with Crippen molar-refractivity contribution < 1.29 is 19.4 Å². The maximum atomic E-state index is 12.0. The molecule has 0 saturated heterocycles. The first-order valence-electron chi connectivity index (χ1n) is 5.49. The largest absolute Gasteiger partial charge is 0.497 e. The summed E-state index contributed by atoms with van der Waals surface area (Å²) in [5, 5.41) is 11.7. The number of carbonyl (C=O) groups is 2. The zero-order chi connectivity index (χ0) is 14.7. The summed E-state index contributed by atoms with van der Waals surface area (Å²) in [6, 6.07) is 7.58. The van der Waals surface area contributed by atoms with Crippen molar-refractivity contribution in [3.05, 3.63) is 45.1 Å². The van der Waals surface area contributed by atoms with Crippen LogP contribution in [0.1, 0.15) is 20.0 Å². The number of thiophene rings is 1.